The number of nitrogens with two attached hydrogens (primary N) is 2. The van der Waals surface area contributed by atoms with E-state index in [0.717, 1.165) is 0 Å². The zero-order valence-electron chi connectivity index (χ0n) is 9.50. The highest BCUT2D eigenvalue weighted by atomic mass is 16.4. The zero-order valence-corrected chi connectivity index (χ0v) is 9.50. The topological polar surface area (TPSA) is 89.3 Å². The summed E-state index contributed by atoms with van der Waals surface area (Å²) in [7, 11) is 8.06. The standard InChI is InChI=1S/C6H18B4N2O2/c7-5(8,6(9,10)2-11)1-3(12)4(13)14/h3H,1-2,7-12H2,(H,13,14)/t3-/m0/s1. The van der Waals surface area contributed by atoms with Crippen molar-refractivity contribution in [3.63, 3.8) is 0 Å². The van der Waals surface area contributed by atoms with Crippen LogP contribution in [0.4, 0.5) is 0 Å². The molecule has 0 rings (SSSR count). The fourth-order valence-corrected chi connectivity index (χ4v) is 1.19. The van der Waals surface area contributed by atoms with Crippen molar-refractivity contribution in [2.45, 2.75) is 22.9 Å². The van der Waals surface area contributed by atoms with Crippen LogP contribution in [0.15, 0.2) is 0 Å². The largest absolute Gasteiger partial charge is 0.480 e. The molecule has 4 nitrogen and oxygen atoms in total. The highest BCUT2D eigenvalue weighted by Gasteiger charge is 2.37. The minimum atomic E-state index is -0.953. The Kier molecular flexibility index (Phi) is 4.34. The molecular formula is C6H18B4N2O2. The Labute approximate surface area is 88.8 Å². The molecule has 0 saturated heterocycles. The molecule has 0 fully saturated rings. The number of hydrogen-bond acceptors (Lipinski definition) is 3. The third-order valence-corrected chi connectivity index (χ3v) is 3.39. The average Bonchev–Trinajstić information content (AvgIpc) is 2.03. The van der Waals surface area contributed by atoms with Crippen LogP contribution in [-0.2, 0) is 4.79 Å². The second-order valence-corrected chi connectivity index (χ2v) is 5.12. The van der Waals surface area contributed by atoms with Crippen molar-refractivity contribution in [3.8, 4) is 0 Å². The molecule has 0 heterocycles. The molecule has 14 heavy (non-hydrogen) atoms. The summed E-state index contributed by atoms with van der Waals surface area (Å²) in [6.07, 6.45) is 0.437. The van der Waals surface area contributed by atoms with E-state index in [-0.39, 0.29) is 10.4 Å². The number of carboxylic acid groups (broad SMARTS) is 1. The Balaban J connectivity index is 4.56. The summed E-state index contributed by atoms with van der Waals surface area (Å²) in [5.74, 6) is -0.953. The SMILES string of the molecule is BC(B)(CN)C(B)(B)C[C@H](N)C(=O)O. The van der Waals surface area contributed by atoms with E-state index in [4.69, 9.17) is 16.6 Å². The molecule has 0 aromatic carbocycles. The monoisotopic (exact) mass is 194 g/mol. The molecule has 8 heteroatoms. The molecule has 0 aromatic rings. The molecule has 0 aliphatic rings. The molecule has 0 aliphatic heterocycles. The van der Waals surface area contributed by atoms with Gasteiger partial charge in [0.25, 0.3) is 0 Å². The molecule has 76 valence electrons. The number of hydrogen-bond donors (Lipinski definition) is 3. The van der Waals surface area contributed by atoms with Crippen molar-refractivity contribution in [2.75, 3.05) is 6.54 Å². The Hall–Kier alpha value is -0.350. The molecule has 0 radical (unpaired) electrons. The second kappa shape index (κ2) is 4.45. The van der Waals surface area contributed by atoms with Crippen molar-refractivity contribution in [3.05, 3.63) is 0 Å². The molecule has 0 bridgehead atoms. The fourth-order valence-electron chi connectivity index (χ4n) is 1.19. The van der Waals surface area contributed by atoms with Crippen LogP contribution in [0.2, 0.25) is 10.4 Å². The van der Waals surface area contributed by atoms with Crippen molar-refractivity contribution in [2.24, 2.45) is 11.5 Å². The van der Waals surface area contributed by atoms with Crippen molar-refractivity contribution < 1.29 is 9.90 Å². The molecule has 0 saturated carbocycles. The second-order valence-electron chi connectivity index (χ2n) is 5.12. The maximum atomic E-state index is 10.6. The molecule has 0 aliphatic carbocycles. The van der Waals surface area contributed by atoms with Gasteiger partial charge < -0.3 is 16.6 Å². The van der Waals surface area contributed by atoms with E-state index in [2.05, 4.69) is 0 Å². The first-order chi connectivity index (χ1) is 6.14. The molecule has 1 atom stereocenters. The van der Waals surface area contributed by atoms with Gasteiger partial charge >= 0.3 is 5.97 Å². The highest BCUT2D eigenvalue weighted by molar-refractivity contribution is 6.54. The van der Waals surface area contributed by atoms with Gasteiger partial charge in [0.05, 0.1) is 31.4 Å². The van der Waals surface area contributed by atoms with Crippen LogP contribution < -0.4 is 11.5 Å². The van der Waals surface area contributed by atoms with Gasteiger partial charge in [0, 0.05) is 0 Å². The smallest absolute Gasteiger partial charge is 0.320 e. The van der Waals surface area contributed by atoms with Crippen LogP contribution in [0.25, 0.3) is 0 Å². The minimum absolute atomic E-state index is 0.111. The van der Waals surface area contributed by atoms with Gasteiger partial charge in [-0.2, -0.15) is 0 Å². The van der Waals surface area contributed by atoms with E-state index in [0.29, 0.717) is 13.0 Å². The first-order valence-corrected chi connectivity index (χ1v) is 4.82. The van der Waals surface area contributed by atoms with Crippen LogP contribution >= 0.6 is 0 Å². The number of aliphatic carboxylic acids is 1. The quantitative estimate of drug-likeness (QED) is 0.384. The van der Waals surface area contributed by atoms with Gasteiger partial charge in [-0.15, -0.1) is 0 Å². The Morgan fingerprint density at radius 2 is 1.71 bits per heavy atom. The van der Waals surface area contributed by atoms with Gasteiger partial charge in [0.1, 0.15) is 6.04 Å². The van der Waals surface area contributed by atoms with Gasteiger partial charge in [0.2, 0.25) is 0 Å². The van der Waals surface area contributed by atoms with Crippen LogP contribution in [0.1, 0.15) is 6.42 Å². The van der Waals surface area contributed by atoms with Gasteiger partial charge in [-0.3, -0.25) is 4.79 Å². The lowest BCUT2D eigenvalue weighted by Gasteiger charge is -2.42. The lowest BCUT2D eigenvalue weighted by atomic mass is 9.28. The summed E-state index contributed by atoms with van der Waals surface area (Å²) < 4.78 is 0. The van der Waals surface area contributed by atoms with Crippen molar-refractivity contribution in [1.29, 1.82) is 0 Å². The fraction of sp³-hybridized carbons (Fsp3) is 0.833. The van der Waals surface area contributed by atoms with Crippen LogP contribution in [-0.4, -0.2) is 55.0 Å². The van der Waals surface area contributed by atoms with E-state index < -0.39 is 12.0 Å². The van der Waals surface area contributed by atoms with Gasteiger partial charge in [-0.1, -0.05) is 10.4 Å². The lowest BCUT2D eigenvalue weighted by molar-refractivity contribution is -0.138. The zero-order chi connectivity index (χ0) is 11.6. The first kappa shape index (κ1) is 13.6. The van der Waals surface area contributed by atoms with E-state index in [1.807, 2.05) is 31.4 Å². The van der Waals surface area contributed by atoms with Gasteiger partial charge in [0.15, 0.2) is 0 Å². The average molecular weight is 193 g/mol. The summed E-state index contributed by atoms with van der Waals surface area (Å²) in [6, 6.07) is -0.809. The minimum Gasteiger partial charge on any atom is -0.480 e. The lowest BCUT2D eigenvalue weighted by Crippen LogP contribution is -2.44. The molecule has 0 unspecified atom stereocenters. The Morgan fingerprint density at radius 3 is 2.00 bits per heavy atom. The summed E-state index contributed by atoms with van der Waals surface area (Å²) in [5, 5.41) is 8.44. The summed E-state index contributed by atoms with van der Waals surface area (Å²) in [4.78, 5) is 10.6. The highest BCUT2D eigenvalue weighted by Crippen LogP contribution is 2.43. The summed E-state index contributed by atoms with van der Waals surface area (Å²) in [6.45, 7) is 0.520. The number of rotatable bonds is 5. The van der Waals surface area contributed by atoms with E-state index in [1.54, 1.807) is 0 Å². The molecule has 0 amide bonds. The third-order valence-electron chi connectivity index (χ3n) is 3.39. The predicted molar refractivity (Wildman–Crippen MR) is 68.8 cm³/mol. The normalized spacial score (nSPS) is 15.0. The van der Waals surface area contributed by atoms with Crippen molar-refractivity contribution in [1.82, 2.24) is 0 Å². The Bertz CT molecular complexity index is 222. The van der Waals surface area contributed by atoms with Crippen LogP contribution in [0.5, 0.6) is 0 Å². The molecular weight excluding hydrogens is 175 g/mol. The van der Waals surface area contributed by atoms with Gasteiger partial charge in [-0.25, -0.2) is 0 Å². The number of carboxylic acids is 1. The van der Waals surface area contributed by atoms with E-state index in [9.17, 15) is 4.79 Å². The maximum absolute atomic E-state index is 10.6. The van der Waals surface area contributed by atoms with Crippen molar-refractivity contribution >= 4 is 37.4 Å². The summed E-state index contributed by atoms with van der Waals surface area (Å²) >= 11 is 0. The predicted octanol–water partition coefficient (Wildman–Crippen LogP) is -4.49. The number of carbonyl (C=O) groups is 1. The molecule has 0 aromatic heterocycles. The molecule has 5 N–H and O–H groups in total. The first-order valence-electron chi connectivity index (χ1n) is 4.82. The van der Waals surface area contributed by atoms with E-state index >= 15 is 0 Å². The molecule has 0 spiro atoms. The maximum Gasteiger partial charge on any atom is 0.320 e. The third kappa shape index (κ3) is 3.10. The van der Waals surface area contributed by atoms with Crippen LogP contribution in [0, 0.1) is 0 Å². The van der Waals surface area contributed by atoms with Crippen LogP contribution in [0.3, 0.4) is 0 Å². The van der Waals surface area contributed by atoms with Gasteiger partial charge in [-0.05, 0) is 13.0 Å². The summed E-state index contributed by atoms with van der Waals surface area (Å²) in [5.41, 5.74) is 11.2. The van der Waals surface area contributed by atoms with E-state index in [1.165, 1.54) is 0 Å². The Morgan fingerprint density at radius 1 is 1.29 bits per heavy atom.